The lowest BCUT2D eigenvalue weighted by atomic mass is 10.1. The van der Waals surface area contributed by atoms with Crippen LogP contribution in [0.2, 0.25) is 5.02 Å². The summed E-state index contributed by atoms with van der Waals surface area (Å²) in [5.74, 6) is -0.706. The zero-order chi connectivity index (χ0) is 21.6. The Bertz CT molecular complexity index is 1020. The second-order valence-electron chi connectivity index (χ2n) is 5.94. The van der Waals surface area contributed by atoms with Gasteiger partial charge < -0.3 is 10.1 Å². The van der Waals surface area contributed by atoms with Crippen molar-refractivity contribution in [1.29, 1.82) is 0 Å². The van der Waals surface area contributed by atoms with Crippen LogP contribution in [0.1, 0.15) is 37.5 Å². The molecule has 11 heteroatoms. The van der Waals surface area contributed by atoms with Crippen LogP contribution in [-0.2, 0) is 19.6 Å². The number of benzene rings is 1. The van der Waals surface area contributed by atoms with Gasteiger partial charge in [-0.1, -0.05) is 30.7 Å². The average Bonchev–Trinajstić information content (AvgIpc) is 3.03. The Labute approximate surface area is 178 Å². The molecule has 1 atom stereocenters. The van der Waals surface area contributed by atoms with E-state index in [9.17, 15) is 18.0 Å². The van der Waals surface area contributed by atoms with Crippen LogP contribution in [0, 0.1) is 0 Å². The highest BCUT2D eigenvalue weighted by molar-refractivity contribution is 7.93. The zero-order valence-electron chi connectivity index (χ0n) is 15.8. The highest BCUT2D eigenvalue weighted by Crippen LogP contribution is 2.32. The third kappa shape index (κ3) is 6.28. The van der Waals surface area contributed by atoms with Crippen molar-refractivity contribution in [3.05, 3.63) is 46.8 Å². The molecule has 1 amide bonds. The molecule has 0 bridgehead atoms. The number of carbonyl (C=O) groups is 2. The zero-order valence-corrected chi connectivity index (χ0v) is 18.2. The van der Waals surface area contributed by atoms with E-state index in [2.05, 4.69) is 21.6 Å². The van der Waals surface area contributed by atoms with Gasteiger partial charge in [0.15, 0.2) is 5.13 Å². The average molecular weight is 458 g/mol. The summed E-state index contributed by atoms with van der Waals surface area (Å²) >= 11 is 7.12. The monoisotopic (exact) mass is 457 g/mol. The molecular formula is C18H20ClN3O5S2. The minimum absolute atomic E-state index is 0.0315. The summed E-state index contributed by atoms with van der Waals surface area (Å²) in [4.78, 5) is 26.7. The molecule has 0 fully saturated rings. The predicted octanol–water partition coefficient (Wildman–Crippen LogP) is 4.13. The molecule has 1 heterocycles. The van der Waals surface area contributed by atoms with Gasteiger partial charge in [-0.05, 0) is 24.1 Å². The molecule has 8 nitrogen and oxygen atoms in total. The van der Waals surface area contributed by atoms with Crippen molar-refractivity contribution in [3.63, 3.8) is 0 Å². The fourth-order valence-electron chi connectivity index (χ4n) is 2.35. The van der Waals surface area contributed by atoms with Crippen molar-refractivity contribution in [2.75, 3.05) is 10.0 Å². The molecule has 1 aromatic heterocycles. The summed E-state index contributed by atoms with van der Waals surface area (Å²) in [6, 6.07) is 4.49. The number of nitrogens with one attached hydrogen (secondary N) is 2. The molecule has 0 aliphatic heterocycles. The number of carbonyl (C=O) groups excluding carboxylic acids is 2. The van der Waals surface area contributed by atoms with Crippen molar-refractivity contribution < 1.29 is 22.7 Å². The van der Waals surface area contributed by atoms with Crippen molar-refractivity contribution in [2.45, 2.75) is 31.9 Å². The molecule has 0 aliphatic carbocycles. The first kappa shape index (κ1) is 22.9. The number of amides is 1. The maximum atomic E-state index is 12.8. The summed E-state index contributed by atoms with van der Waals surface area (Å²) in [6.45, 7) is 6.77. The van der Waals surface area contributed by atoms with Gasteiger partial charge >= 0.3 is 5.97 Å². The van der Waals surface area contributed by atoms with Gasteiger partial charge in [0.1, 0.15) is 5.25 Å². The van der Waals surface area contributed by atoms with E-state index < -0.39 is 21.2 Å². The summed E-state index contributed by atoms with van der Waals surface area (Å²) < 4.78 is 33.0. The molecule has 156 valence electrons. The maximum absolute atomic E-state index is 12.8. The van der Waals surface area contributed by atoms with Crippen LogP contribution in [0.25, 0.3) is 0 Å². The lowest BCUT2D eigenvalue weighted by Crippen LogP contribution is -2.20. The molecule has 29 heavy (non-hydrogen) atoms. The topological polar surface area (TPSA) is 114 Å². The van der Waals surface area contributed by atoms with Gasteiger partial charge in [-0.2, -0.15) is 4.98 Å². The Morgan fingerprint density at radius 3 is 2.72 bits per heavy atom. The standard InChI is InChI=1S/C18H20ClN3O5S2/c1-4-6-17(24)27-16-10-28-18(21-16)22-29(25,26)15(5-2)12-7-8-14(13(19)9-12)20-11(3)23/h5,7-10,15H,2,4,6H2,1,3H3,(H,20,23)(H,21,22). The number of thiazole rings is 1. The molecule has 0 saturated heterocycles. The Morgan fingerprint density at radius 2 is 2.14 bits per heavy atom. The highest BCUT2D eigenvalue weighted by atomic mass is 35.5. The molecule has 2 N–H and O–H groups in total. The van der Waals surface area contributed by atoms with Crippen molar-refractivity contribution in [1.82, 2.24) is 4.98 Å². The smallest absolute Gasteiger partial charge is 0.312 e. The number of halogens is 1. The van der Waals surface area contributed by atoms with Gasteiger partial charge in [0.2, 0.25) is 21.8 Å². The molecule has 0 radical (unpaired) electrons. The van der Waals surface area contributed by atoms with E-state index in [0.29, 0.717) is 17.7 Å². The molecule has 0 spiro atoms. The van der Waals surface area contributed by atoms with Crippen molar-refractivity contribution >= 4 is 55.7 Å². The van der Waals surface area contributed by atoms with Crippen molar-refractivity contribution in [2.24, 2.45) is 0 Å². The van der Waals surface area contributed by atoms with E-state index in [4.69, 9.17) is 16.3 Å². The van der Waals surface area contributed by atoms with Crippen molar-refractivity contribution in [3.8, 4) is 5.88 Å². The van der Waals surface area contributed by atoms with Gasteiger partial charge in [0.25, 0.3) is 0 Å². The minimum atomic E-state index is -3.96. The van der Waals surface area contributed by atoms with Gasteiger partial charge in [0.05, 0.1) is 16.1 Å². The number of rotatable bonds is 9. The molecule has 0 aliphatic rings. The second-order valence-corrected chi connectivity index (χ2v) is 9.01. The number of esters is 1. The first-order valence-corrected chi connectivity index (χ1v) is 11.3. The van der Waals surface area contributed by atoms with Crippen LogP contribution in [-0.4, -0.2) is 25.3 Å². The highest BCUT2D eigenvalue weighted by Gasteiger charge is 2.26. The number of hydrogen-bond donors (Lipinski definition) is 2. The third-order valence-corrected chi connectivity index (χ3v) is 6.36. The molecule has 0 saturated carbocycles. The fourth-order valence-corrected chi connectivity index (χ4v) is 4.76. The van der Waals surface area contributed by atoms with Gasteiger partial charge in [-0.25, -0.2) is 8.42 Å². The Hall–Kier alpha value is -2.43. The molecule has 2 aromatic rings. The molecule has 2 rings (SSSR count). The predicted molar refractivity (Wildman–Crippen MR) is 114 cm³/mol. The van der Waals surface area contributed by atoms with Crippen LogP contribution < -0.4 is 14.8 Å². The van der Waals surface area contributed by atoms with E-state index in [-0.39, 0.29) is 28.4 Å². The normalized spacial score (nSPS) is 12.1. The van der Waals surface area contributed by atoms with E-state index in [1.54, 1.807) is 0 Å². The summed E-state index contributed by atoms with van der Waals surface area (Å²) in [6.07, 6.45) is 2.13. The van der Waals surface area contributed by atoms with Crippen LogP contribution in [0.3, 0.4) is 0 Å². The Balaban J connectivity index is 2.19. The van der Waals surface area contributed by atoms with Gasteiger partial charge in [0, 0.05) is 13.3 Å². The largest absolute Gasteiger partial charge is 0.406 e. The third-order valence-electron chi connectivity index (χ3n) is 3.57. The van der Waals surface area contributed by atoms with Gasteiger partial charge in [-0.15, -0.1) is 17.9 Å². The van der Waals surface area contributed by atoms with E-state index in [1.807, 2.05) is 6.92 Å². The van der Waals surface area contributed by atoms with Crippen LogP contribution in [0.15, 0.2) is 36.2 Å². The number of nitrogens with zero attached hydrogens (tertiary/aromatic N) is 1. The number of anilines is 2. The van der Waals surface area contributed by atoms with Crippen LogP contribution in [0.4, 0.5) is 10.8 Å². The number of hydrogen-bond acceptors (Lipinski definition) is 7. The first-order valence-electron chi connectivity index (χ1n) is 8.53. The van der Waals surface area contributed by atoms with E-state index in [0.717, 1.165) is 11.3 Å². The fraction of sp³-hybridized carbons (Fsp3) is 0.278. The Morgan fingerprint density at radius 1 is 1.41 bits per heavy atom. The minimum Gasteiger partial charge on any atom is -0.406 e. The Kier molecular flexibility index (Phi) is 7.77. The van der Waals surface area contributed by atoms with E-state index in [1.165, 1.54) is 36.6 Å². The van der Waals surface area contributed by atoms with E-state index >= 15 is 0 Å². The lowest BCUT2D eigenvalue weighted by molar-refractivity contribution is -0.134. The molecular weight excluding hydrogens is 438 g/mol. The second kappa shape index (κ2) is 9.86. The summed E-state index contributed by atoms with van der Waals surface area (Å²) in [7, 11) is -3.96. The molecule has 1 aromatic carbocycles. The van der Waals surface area contributed by atoms with Gasteiger partial charge in [-0.3, -0.25) is 14.3 Å². The number of sulfonamides is 1. The summed E-state index contributed by atoms with van der Waals surface area (Å²) in [5, 5.41) is 3.11. The van der Waals surface area contributed by atoms with Crippen LogP contribution >= 0.6 is 22.9 Å². The summed E-state index contributed by atoms with van der Waals surface area (Å²) in [5.41, 5.74) is 0.729. The molecule has 1 unspecified atom stereocenters. The maximum Gasteiger partial charge on any atom is 0.312 e. The first-order chi connectivity index (χ1) is 13.7. The number of ether oxygens (including phenoxy) is 1. The quantitative estimate of drug-likeness (QED) is 0.432. The lowest BCUT2D eigenvalue weighted by Gasteiger charge is -2.16. The number of aromatic nitrogens is 1. The van der Waals surface area contributed by atoms with Crippen LogP contribution in [0.5, 0.6) is 5.88 Å². The SMILES string of the molecule is C=CC(c1ccc(NC(C)=O)c(Cl)c1)S(=O)(=O)Nc1nc(OC(=O)CCC)cs1.